The second-order valence-corrected chi connectivity index (χ2v) is 8.15. The molecule has 0 aliphatic heterocycles. The first kappa shape index (κ1) is 16.0. The van der Waals surface area contributed by atoms with Gasteiger partial charge in [0.05, 0.1) is 5.75 Å². The van der Waals surface area contributed by atoms with Crippen molar-refractivity contribution in [2.75, 3.05) is 24.6 Å². The second kappa shape index (κ2) is 7.49. The van der Waals surface area contributed by atoms with Crippen molar-refractivity contribution < 1.29 is 8.42 Å². The summed E-state index contributed by atoms with van der Waals surface area (Å²) in [5.41, 5.74) is 0.373. The van der Waals surface area contributed by atoms with Gasteiger partial charge in [-0.15, -0.1) is 0 Å². The van der Waals surface area contributed by atoms with Crippen LogP contribution in [0.4, 0.5) is 0 Å². The molecule has 108 valence electrons. The number of hydrogen-bond acceptors (Lipinski definition) is 3. The van der Waals surface area contributed by atoms with Crippen molar-refractivity contribution in [3.8, 4) is 0 Å². The standard InChI is InChI=1S/C14H29NO2S/c1-3-15-13-14(9-6-5-7-10-14)11-8-12-18(16,17)4-2/h15H,3-13H2,1-2H3. The lowest BCUT2D eigenvalue weighted by Crippen LogP contribution is -2.36. The van der Waals surface area contributed by atoms with Gasteiger partial charge in [-0.25, -0.2) is 8.42 Å². The van der Waals surface area contributed by atoms with Crippen LogP contribution in [0.1, 0.15) is 58.8 Å². The summed E-state index contributed by atoms with van der Waals surface area (Å²) in [6, 6.07) is 0. The van der Waals surface area contributed by atoms with E-state index in [0.29, 0.717) is 11.2 Å². The molecule has 0 spiro atoms. The molecule has 18 heavy (non-hydrogen) atoms. The van der Waals surface area contributed by atoms with E-state index in [1.54, 1.807) is 6.92 Å². The Kier molecular flexibility index (Phi) is 6.64. The van der Waals surface area contributed by atoms with Crippen LogP contribution in [0.3, 0.4) is 0 Å². The fourth-order valence-electron chi connectivity index (χ4n) is 3.02. The summed E-state index contributed by atoms with van der Waals surface area (Å²) in [5.74, 6) is 0.657. The van der Waals surface area contributed by atoms with Crippen LogP contribution >= 0.6 is 0 Å². The maximum absolute atomic E-state index is 11.5. The third-order valence-corrected chi connectivity index (χ3v) is 6.06. The number of sulfone groups is 1. The zero-order valence-corrected chi connectivity index (χ0v) is 12.8. The largest absolute Gasteiger partial charge is 0.316 e. The first-order valence-corrected chi connectivity index (χ1v) is 9.27. The summed E-state index contributed by atoms with van der Waals surface area (Å²) in [5, 5.41) is 3.47. The average Bonchev–Trinajstić information content (AvgIpc) is 2.37. The van der Waals surface area contributed by atoms with Crippen LogP contribution in [0, 0.1) is 5.41 Å². The molecular weight excluding hydrogens is 246 g/mol. The van der Waals surface area contributed by atoms with Gasteiger partial charge >= 0.3 is 0 Å². The molecule has 4 heteroatoms. The van der Waals surface area contributed by atoms with Gasteiger partial charge in [0.1, 0.15) is 9.84 Å². The Bertz CT molecular complexity index is 319. The third-order valence-electron chi connectivity index (χ3n) is 4.27. The van der Waals surface area contributed by atoms with Gasteiger partial charge < -0.3 is 5.32 Å². The normalized spacial score (nSPS) is 19.9. The van der Waals surface area contributed by atoms with E-state index in [9.17, 15) is 8.42 Å². The van der Waals surface area contributed by atoms with Gasteiger partial charge in [0, 0.05) is 12.3 Å². The molecule has 1 aliphatic carbocycles. The van der Waals surface area contributed by atoms with Crippen molar-refractivity contribution in [1.82, 2.24) is 5.32 Å². The first-order valence-electron chi connectivity index (χ1n) is 7.45. The van der Waals surface area contributed by atoms with E-state index in [1.165, 1.54) is 32.1 Å². The van der Waals surface area contributed by atoms with Gasteiger partial charge in [0.25, 0.3) is 0 Å². The van der Waals surface area contributed by atoms with Crippen molar-refractivity contribution in [2.45, 2.75) is 58.8 Å². The lowest BCUT2D eigenvalue weighted by molar-refractivity contribution is 0.166. The minimum atomic E-state index is -2.79. The Hall–Kier alpha value is -0.0900. The lowest BCUT2D eigenvalue weighted by Gasteiger charge is -2.37. The Balaban J connectivity index is 2.46. The molecule has 1 saturated carbocycles. The molecule has 0 saturated heterocycles. The predicted molar refractivity (Wildman–Crippen MR) is 77.6 cm³/mol. The van der Waals surface area contributed by atoms with Crippen molar-refractivity contribution in [3.05, 3.63) is 0 Å². The Morgan fingerprint density at radius 1 is 1.11 bits per heavy atom. The fraction of sp³-hybridized carbons (Fsp3) is 1.00. The molecule has 0 amide bonds. The summed E-state index contributed by atoms with van der Waals surface area (Å²) in [6.07, 6.45) is 8.41. The summed E-state index contributed by atoms with van der Waals surface area (Å²) < 4.78 is 23.1. The van der Waals surface area contributed by atoms with Crippen molar-refractivity contribution in [1.29, 1.82) is 0 Å². The van der Waals surface area contributed by atoms with Gasteiger partial charge in [-0.2, -0.15) is 0 Å². The van der Waals surface area contributed by atoms with E-state index in [2.05, 4.69) is 12.2 Å². The maximum atomic E-state index is 11.5. The number of nitrogens with one attached hydrogen (secondary N) is 1. The molecule has 0 bridgehead atoms. The van der Waals surface area contributed by atoms with Gasteiger partial charge in [0.15, 0.2) is 0 Å². The lowest BCUT2D eigenvalue weighted by atomic mass is 9.71. The molecule has 0 aromatic rings. The quantitative estimate of drug-likeness (QED) is 0.741. The molecule has 3 nitrogen and oxygen atoms in total. The molecule has 0 radical (unpaired) electrons. The Morgan fingerprint density at radius 2 is 1.78 bits per heavy atom. The monoisotopic (exact) mass is 275 g/mol. The molecule has 1 fully saturated rings. The van der Waals surface area contributed by atoms with Crippen LogP contribution in [0.25, 0.3) is 0 Å². The molecule has 0 heterocycles. The molecule has 0 atom stereocenters. The summed E-state index contributed by atoms with van der Waals surface area (Å²) >= 11 is 0. The third kappa shape index (κ3) is 5.27. The highest BCUT2D eigenvalue weighted by Gasteiger charge is 2.31. The van der Waals surface area contributed by atoms with E-state index in [-0.39, 0.29) is 5.75 Å². The molecule has 1 aliphatic rings. The van der Waals surface area contributed by atoms with Crippen LogP contribution in [0.5, 0.6) is 0 Å². The van der Waals surface area contributed by atoms with Crippen molar-refractivity contribution in [3.63, 3.8) is 0 Å². The zero-order valence-electron chi connectivity index (χ0n) is 12.0. The van der Waals surface area contributed by atoms with Gasteiger partial charge in [0.2, 0.25) is 0 Å². The van der Waals surface area contributed by atoms with Crippen LogP contribution in [0.2, 0.25) is 0 Å². The van der Waals surface area contributed by atoms with Crippen molar-refractivity contribution >= 4 is 9.84 Å². The van der Waals surface area contributed by atoms with E-state index in [4.69, 9.17) is 0 Å². The van der Waals surface area contributed by atoms with Crippen LogP contribution < -0.4 is 5.32 Å². The van der Waals surface area contributed by atoms with Gasteiger partial charge in [-0.1, -0.05) is 33.1 Å². The molecule has 0 aromatic heterocycles. The van der Waals surface area contributed by atoms with Crippen LogP contribution in [-0.4, -0.2) is 33.0 Å². The highest BCUT2D eigenvalue weighted by molar-refractivity contribution is 7.91. The molecular formula is C14H29NO2S. The first-order chi connectivity index (χ1) is 8.54. The summed E-state index contributed by atoms with van der Waals surface area (Å²) in [4.78, 5) is 0. The van der Waals surface area contributed by atoms with E-state index in [1.807, 2.05) is 0 Å². The van der Waals surface area contributed by atoms with Crippen molar-refractivity contribution in [2.24, 2.45) is 5.41 Å². The van der Waals surface area contributed by atoms with Gasteiger partial charge in [-0.3, -0.25) is 0 Å². The topological polar surface area (TPSA) is 46.2 Å². The highest BCUT2D eigenvalue weighted by atomic mass is 32.2. The smallest absolute Gasteiger partial charge is 0.150 e. The van der Waals surface area contributed by atoms with Crippen LogP contribution in [0.15, 0.2) is 0 Å². The van der Waals surface area contributed by atoms with E-state index in [0.717, 1.165) is 25.9 Å². The average molecular weight is 275 g/mol. The molecule has 1 rings (SSSR count). The Labute approximate surface area is 113 Å². The van der Waals surface area contributed by atoms with E-state index < -0.39 is 9.84 Å². The molecule has 0 aromatic carbocycles. The minimum absolute atomic E-state index is 0.285. The van der Waals surface area contributed by atoms with Gasteiger partial charge in [-0.05, 0) is 37.6 Å². The maximum Gasteiger partial charge on any atom is 0.150 e. The summed E-state index contributed by atoms with van der Waals surface area (Å²) in [7, 11) is -2.79. The summed E-state index contributed by atoms with van der Waals surface area (Å²) in [6.45, 7) is 5.95. The molecule has 0 unspecified atom stereocenters. The molecule has 1 N–H and O–H groups in total. The van der Waals surface area contributed by atoms with Crippen LogP contribution in [-0.2, 0) is 9.84 Å². The zero-order chi connectivity index (χ0) is 13.5. The number of rotatable bonds is 8. The fourth-order valence-corrected chi connectivity index (χ4v) is 3.89. The highest BCUT2D eigenvalue weighted by Crippen LogP contribution is 2.39. The SMILES string of the molecule is CCNCC1(CCCS(=O)(=O)CC)CCCCC1. The minimum Gasteiger partial charge on any atom is -0.316 e. The second-order valence-electron chi connectivity index (χ2n) is 5.68. The van der Waals surface area contributed by atoms with E-state index >= 15 is 0 Å². The number of hydrogen-bond donors (Lipinski definition) is 1. The Morgan fingerprint density at radius 3 is 2.33 bits per heavy atom. The predicted octanol–water partition coefficient (Wildman–Crippen LogP) is 2.76.